The van der Waals surface area contributed by atoms with Crippen LogP contribution in [-0.4, -0.2) is 47.4 Å². The van der Waals surface area contributed by atoms with Gasteiger partial charge in [-0.05, 0) is 18.4 Å². The number of aromatic nitrogens is 3. The van der Waals surface area contributed by atoms with Crippen molar-refractivity contribution >= 4 is 23.4 Å². The second-order valence-electron chi connectivity index (χ2n) is 6.39. The number of hydrogen-bond acceptors (Lipinski definition) is 7. The molecule has 1 aromatic carbocycles. The molecule has 140 valence electrons. The number of nitriles is 1. The van der Waals surface area contributed by atoms with E-state index in [-0.39, 0.29) is 0 Å². The van der Waals surface area contributed by atoms with E-state index in [0.717, 1.165) is 48.4 Å². The molecular weight excluding hydrogens is 368 g/mol. The van der Waals surface area contributed by atoms with Crippen molar-refractivity contribution in [3.05, 3.63) is 60.3 Å². The Balaban J connectivity index is 1.65. The fraction of sp³-hybridized carbons (Fsp3) is 0.238. The zero-order valence-electron chi connectivity index (χ0n) is 15.6. The zero-order chi connectivity index (χ0) is 19.3. The molecule has 2 aromatic heterocycles. The van der Waals surface area contributed by atoms with E-state index in [1.165, 1.54) is 11.8 Å². The molecule has 0 spiro atoms. The molecular formula is C21H20N6S. The highest BCUT2D eigenvalue weighted by atomic mass is 32.2. The van der Waals surface area contributed by atoms with Crippen LogP contribution in [0.4, 0.5) is 11.6 Å². The first-order valence-corrected chi connectivity index (χ1v) is 10.3. The second kappa shape index (κ2) is 8.28. The lowest BCUT2D eigenvalue weighted by Gasteiger charge is -2.36. The van der Waals surface area contributed by atoms with Crippen LogP contribution in [0.2, 0.25) is 0 Å². The monoisotopic (exact) mass is 388 g/mol. The van der Waals surface area contributed by atoms with Gasteiger partial charge in [0.05, 0.1) is 0 Å². The Kier molecular flexibility index (Phi) is 5.40. The second-order valence-corrected chi connectivity index (χ2v) is 7.19. The number of anilines is 2. The Labute approximate surface area is 168 Å². The van der Waals surface area contributed by atoms with Crippen LogP contribution in [-0.2, 0) is 0 Å². The topological polar surface area (TPSA) is 68.9 Å². The van der Waals surface area contributed by atoms with Crippen molar-refractivity contribution in [1.29, 1.82) is 5.26 Å². The SMILES string of the molecule is CSc1nc(-c2ccccc2)nc(N2CCN(c3ccccn3)CC2)c1C#N. The standard InChI is InChI=1S/C21H20N6S/c1-28-21-17(15-22)20(24-19(25-21)16-7-3-2-4-8-16)27-13-11-26(12-14-27)18-9-5-6-10-23-18/h2-10H,11-14H2,1H3. The largest absolute Gasteiger partial charge is 0.353 e. The highest BCUT2D eigenvalue weighted by Crippen LogP contribution is 2.30. The third-order valence-electron chi connectivity index (χ3n) is 4.75. The molecule has 1 fully saturated rings. The Morgan fingerprint density at radius 1 is 0.929 bits per heavy atom. The average Bonchev–Trinajstić information content (AvgIpc) is 2.79. The maximum absolute atomic E-state index is 9.76. The molecule has 4 rings (SSSR count). The third-order valence-corrected chi connectivity index (χ3v) is 5.43. The summed E-state index contributed by atoms with van der Waals surface area (Å²) in [5.41, 5.74) is 1.51. The highest BCUT2D eigenvalue weighted by molar-refractivity contribution is 7.98. The first kappa shape index (κ1) is 18.3. The summed E-state index contributed by atoms with van der Waals surface area (Å²) in [6, 6.07) is 18.2. The molecule has 28 heavy (non-hydrogen) atoms. The summed E-state index contributed by atoms with van der Waals surface area (Å²) in [5, 5.41) is 10.5. The number of rotatable bonds is 4. The molecule has 0 amide bonds. The number of pyridine rings is 1. The van der Waals surface area contributed by atoms with Gasteiger partial charge in [0.25, 0.3) is 0 Å². The number of piperazine rings is 1. The van der Waals surface area contributed by atoms with Crippen molar-refractivity contribution in [3.63, 3.8) is 0 Å². The predicted octanol–water partition coefficient (Wildman–Crippen LogP) is 3.46. The fourth-order valence-corrected chi connectivity index (χ4v) is 3.83. The molecule has 0 atom stereocenters. The Hall–Kier alpha value is -3.11. The molecule has 0 unspecified atom stereocenters. The molecule has 0 saturated carbocycles. The van der Waals surface area contributed by atoms with E-state index >= 15 is 0 Å². The van der Waals surface area contributed by atoms with Gasteiger partial charge in [-0.15, -0.1) is 11.8 Å². The smallest absolute Gasteiger partial charge is 0.162 e. The predicted molar refractivity (Wildman–Crippen MR) is 113 cm³/mol. The molecule has 3 aromatic rings. The molecule has 1 aliphatic rings. The number of benzene rings is 1. The van der Waals surface area contributed by atoms with Crippen LogP contribution in [0.3, 0.4) is 0 Å². The summed E-state index contributed by atoms with van der Waals surface area (Å²) in [7, 11) is 0. The van der Waals surface area contributed by atoms with Crippen molar-refractivity contribution in [2.45, 2.75) is 5.03 Å². The minimum Gasteiger partial charge on any atom is -0.353 e. The molecule has 7 heteroatoms. The Bertz CT molecular complexity index is 979. The van der Waals surface area contributed by atoms with Crippen molar-refractivity contribution in [2.75, 3.05) is 42.2 Å². The van der Waals surface area contributed by atoms with Crippen LogP contribution < -0.4 is 9.80 Å². The van der Waals surface area contributed by atoms with Gasteiger partial charge in [0.15, 0.2) is 11.6 Å². The Morgan fingerprint density at radius 3 is 2.29 bits per heavy atom. The normalized spacial score (nSPS) is 14.0. The number of nitrogens with zero attached hydrogens (tertiary/aromatic N) is 6. The number of hydrogen-bond donors (Lipinski definition) is 0. The van der Waals surface area contributed by atoms with Crippen LogP contribution in [0.1, 0.15) is 5.56 Å². The van der Waals surface area contributed by atoms with E-state index in [4.69, 9.17) is 4.98 Å². The van der Waals surface area contributed by atoms with E-state index < -0.39 is 0 Å². The molecule has 3 heterocycles. The molecule has 6 nitrogen and oxygen atoms in total. The summed E-state index contributed by atoms with van der Waals surface area (Å²) < 4.78 is 0. The van der Waals surface area contributed by atoms with Crippen LogP contribution in [0, 0.1) is 11.3 Å². The van der Waals surface area contributed by atoms with E-state index in [1.807, 2.05) is 61.0 Å². The van der Waals surface area contributed by atoms with Gasteiger partial charge < -0.3 is 9.80 Å². The zero-order valence-corrected chi connectivity index (χ0v) is 16.4. The van der Waals surface area contributed by atoms with Gasteiger partial charge >= 0.3 is 0 Å². The van der Waals surface area contributed by atoms with Crippen molar-refractivity contribution < 1.29 is 0 Å². The van der Waals surface area contributed by atoms with Crippen LogP contribution in [0.25, 0.3) is 11.4 Å². The quantitative estimate of drug-likeness (QED) is 0.501. The van der Waals surface area contributed by atoms with Crippen molar-refractivity contribution in [2.24, 2.45) is 0 Å². The first-order valence-electron chi connectivity index (χ1n) is 9.12. The lowest BCUT2D eigenvalue weighted by Crippen LogP contribution is -2.47. The summed E-state index contributed by atoms with van der Waals surface area (Å²) in [6.45, 7) is 3.23. The van der Waals surface area contributed by atoms with Crippen LogP contribution in [0.15, 0.2) is 59.8 Å². The summed E-state index contributed by atoms with van der Waals surface area (Å²) >= 11 is 1.48. The van der Waals surface area contributed by atoms with Crippen LogP contribution in [0.5, 0.6) is 0 Å². The molecule has 1 saturated heterocycles. The van der Waals surface area contributed by atoms with Gasteiger partial charge in [0, 0.05) is 37.9 Å². The summed E-state index contributed by atoms with van der Waals surface area (Å²) in [4.78, 5) is 18.3. The van der Waals surface area contributed by atoms with Gasteiger partial charge in [0.1, 0.15) is 22.5 Å². The molecule has 0 N–H and O–H groups in total. The van der Waals surface area contributed by atoms with Gasteiger partial charge in [-0.25, -0.2) is 15.0 Å². The van der Waals surface area contributed by atoms with E-state index in [1.54, 1.807) is 0 Å². The lowest BCUT2D eigenvalue weighted by atomic mass is 10.2. The molecule has 0 radical (unpaired) electrons. The molecule has 0 bridgehead atoms. The van der Waals surface area contributed by atoms with Gasteiger partial charge in [0.2, 0.25) is 0 Å². The maximum Gasteiger partial charge on any atom is 0.162 e. The maximum atomic E-state index is 9.76. The van der Waals surface area contributed by atoms with Gasteiger partial charge in [-0.2, -0.15) is 5.26 Å². The fourth-order valence-electron chi connectivity index (χ4n) is 3.31. The van der Waals surface area contributed by atoms with E-state index in [2.05, 4.69) is 25.8 Å². The molecule has 1 aliphatic heterocycles. The van der Waals surface area contributed by atoms with E-state index in [0.29, 0.717) is 11.4 Å². The lowest BCUT2D eigenvalue weighted by molar-refractivity contribution is 0.639. The van der Waals surface area contributed by atoms with Crippen molar-refractivity contribution in [3.8, 4) is 17.5 Å². The summed E-state index contributed by atoms with van der Waals surface area (Å²) in [5.74, 6) is 2.37. The van der Waals surface area contributed by atoms with Gasteiger partial charge in [-0.1, -0.05) is 36.4 Å². The average molecular weight is 389 g/mol. The van der Waals surface area contributed by atoms with Crippen molar-refractivity contribution in [1.82, 2.24) is 15.0 Å². The number of thioether (sulfide) groups is 1. The Morgan fingerprint density at radius 2 is 1.64 bits per heavy atom. The highest BCUT2D eigenvalue weighted by Gasteiger charge is 2.24. The van der Waals surface area contributed by atoms with Crippen LogP contribution >= 0.6 is 11.8 Å². The first-order chi connectivity index (χ1) is 13.8. The van der Waals surface area contributed by atoms with E-state index in [9.17, 15) is 5.26 Å². The molecule has 0 aliphatic carbocycles. The minimum atomic E-state index is 0.554. The van der Waals surface area contributed by atoms with Gasteiger partial charge in [-0.3, -0.25) is 0 Å². The third kappa shape index (κ3) is 3.64. The summed E-state index contributed by atoms with van der Waals surface area (Å²) in [6.07, 6.45) is 3.76. The minimum absolute atomic E-state index is 0.554.